The third-order valence-electron chi connectivity index (χ3n) is 3.50. The quantitative estimate of drug-likeness (QED) is 0.780. The maximum Gasteiger partial charge on any atom is 0.225 e. The molecule has 1 aliphatic heterocycles. The Bertz CT molecular complexity index is 475. The highest BCUT2D eigenvalue weighted by Crippen LogP contribution is 2.40. The number of benzene rings is 1. The van der Waals surface area contributed by atoms with Crippen LogP contribution in [-0.4, -0.2) is 24.4 Å². The maximum absolute atomic E-state index is 11.7. The predicted octanol–water partition coefficient (Wildman–Crippen LogP) is 1.02. The van der Waals surface area contributed by atoms with Crippen molar-refractivity contribution < 1.29 is 14.6 Å². The highest BCUT2D eigenvalue weighted by atomic mass is 16.5. The van der Waals surface area contributed by atoms with Crippen LogP contribution in [0.25, 0.3) is 0 Å². The molecular weight excluding hydrogens is 232 g/mol. The van der Waals surface area contributed by atoms with Crippen LogP contribution < -0.4 is 15.4 Å². The first-order chi connectivity index (χ1) is 8.47. The average Bonchev–Trinajstić information content (AvgIpc) is 2.35. The van der Waals surface area contributed by atoms with Gasteiger partial charge in [-0.3, -0.25) is 9.69 Å². The summed E-state index contributed by atoms with van der Waals surface area (Å²) >= 11 is 0. The number of amides is 1. The molecule has 3 N–H and O–H groups in total. The molecule has 1 aromatic rings. The molecule has 5 nitrogen and oxygen atoms in total. The van der Waals surface area contributed by atoms with Crippen molar-refractivity contribution in [3.63, 3.8) is 0 Å². The number of fused-ring (bicyclic) bond motifs is 1. The Labute approximate surface area is 106 Å². The Balaban J connectivity index is 2.58. The fourth-order valence-corrected chi connectivity index (χ4v) is 2.34. The van der Waals surface area contributed by atoms with Crippen LogP contribution in [0.15, 0.2) is 18.2 Å². The van der Waals surface area contributed by atoms with Crippen molar-refractivity contribution in [2.24, 2.45) is 11.7 Å². The second kappa shape index (κ2) is 4.59. The summed E-state index contributed by atoms with van der Waals surface area (Å²) in [6.07, 6.45) is -0.905. The van der Waals surface area contributed by atoms with E-state index in [4.69, 9.17) is 10.5 Å². The molecule has 0 radical (unpaired) electrons. The lowest BCUT2D eigenvalue weighted by molar-refractivity contribution is -0.119. The molecule has 1 unspecified atom stereocenters. The van der Waals surface area contributed by atoms with Crippen molar-refractivity contribution in [3.05, 3.63) is 23.8 Å². The molecule has 0 aliphatic carbocycles. The van der Waals surface area contributed by atoms with Crippen LogP contribution in [0.4, 0.5) is 5.69 Å². The smallest absolute Gasteiger partial charge is 0.225 e. The largest absolute Gasteiger partial charge is 0.497 e. The Morgan fingerprint density at radius 3 is 2.72 bits per heavy atom. The van der Waals surface area contributed by atoms with Gasteiger partial charge in [-0.25, -0.2) is 0 Å². The molecule has 18 heavy (non-hydrogen) atoms. The first kappa shape index (κ1) is 12.9. The summed E-state index contributed by atoms with van der Waals surface area (Å²) in [6.45, 7) is 3.26. The van der Waals surface area contributed by atoms with E-state index in [-0.39, 0.29) is 17.9 Å². The molecule has 1 heterocycles. The van der Waals surface area contributed by atoms with Crippen LogP contribution >= 0.6 is 0 Å². The van der Waals surface area contributed by atoms with Gasteiger partial charge in [0.25, 0.3) is 0 Å². The molecule has 3 atom stereocenters. The highest BCUT2D eigenvalue weighted by molar-refractivity contribution is 5.93. The average molecular weight is 250 g/mol. The van der Waals surface area contributed by atoms with Gasteiger partial charge in [-0.05, 0) is 11.6 Å². The van der Waals surface area contributed by atoms with E-state index in [1.165, 1.54) is 11.8 Å². The number of carbonyl (C=O) groups is 1. The molecule has 0 fully saturated rings. The summed E-state index contributed by atoms with van der Waals surface area (Å²) in [5, 5.41) is 10.2. The molecule has 0 spiro atoms. The molecular formula is C13H18N2O3. The minimum absolute atomic E-state index is 0.212. The van der Waals surface area contributed by atoms with Crippen molar-refractivity contribution in [1.82, 2.24) is 0 Å². The standard InChI is InChI=1S/C13H18N2O3/c1-7-12(14)10-5-4-9(18-3)6-11(10)15(8(2)16)13(7)17/h4-7,12-13,17H,14H2,1-3H3/t7?,12-,13+/m1/s1. The Kier molecular flexibility index (Phi) is 3.28. The van der Waals surface area contributed by atoms with Gasteiger partial charge in [-0.2, -0.15) is 0 Å². The lowest BCUT2D eigenvalue weighted by atomic mass is 9.87. The van der Waals surface area contributed by atoms with Crippen molar-refractivity contribution in [1.29, 1.82) is 0 Å². The number of nitrogens with two attached hydrogens (primary N) is 1. The van der Waals surface area contributed by atoms with E-state index in [0.717, 1.165) is 5.56 Å². The number of anilines is 1. The number of rotatable bonds is 1. The van der Waals surface area contributed by atoms with Gasteiger partial charge in [0.1, 0.15) is 12.0 Å². The zero-order valence-corrected chi connectivity index (χ0v) is 10.8. The lowest BCUT2D eigenvalue weighted by Gasteiger charge is -2.41. The minimum atomic E-state index is -0.905. The van der Waals surface area contributed by atoms with Crippen LogP contribution in [0, 0.1) is 5.92 Å². The number of nitrogens with zero attached hydrogens (tertiary/aromatic N) is 1. The molecule has 5 heteroatoms. The topological polar surface area (TPSA) is 75.8 Å². The molecule has 98 valence electrons. The number of ether oxygens (including phenoxy) is 1. The van der Waals surface area contributed by atoms with Gasteiger partial charge >= 0.3 is 0 Å². The summed E-state index contributed by atoms with van der Waals surface area (Å²) in [5.41, 5.74) is 7.57. The normalized spacial score (nSPS) is 26.7. The van der Waals surface area contributed by atoms with E-state index >= 15 is 0 Å². The minimum Gasteiger partial charge on any atom is -0.497 e. The lowest BCUT2D eigenvalue weighted by Crippen LogP contribution is -2.50. The number of aliphatic hydroxyl groups is 1. The number of hydrogen-bond donors (Lipinski definition) is 2. The van der Waals surface area contributed by atoms with E-state index in [9.17, 15) is 9.90 Å². The molecule has 0 saturated heterocycles. The second-order valence-electron chi connectivity index (χ2n) is 4.61. The number of methoxy groups -OCH3 is 1. The first-order valence-corrected chi connectivity index (χ1v) is 5.88. The second-order valence-corrected chi connectivity index (χ2v) is 4.61. The molecule has 1 aromatic carbocycles. The van der Waals surface area contributed by atoms with Gasteiger partial charge in [0.2, 0.25) is 5.91 Å². The summed E-state index contributed by atoms with van der Waals surface area (Å²) < 4.78 is 5.15. The molecule has 0 aromatic heterocycles. The number of aliphatic hydroxyl groups excluding tert-OH is 1. The predicted molar refractivity (Wildman–Crippen MR) is 68.3 cm³/mol. The van der Waals surface area contributed by atoms with E-state index in [1.54, 1.807) is 19.2 Å². The van der Waals surface area contributed by atoms with Gasteiger partial charge in [0, 0.05) is 24.9 Å². The Morgan fingerprint density at radius 1 is 1.50 bits per heavy atom. The van der Waals surface area contributed by atoms with Crippen LogP contribution in [0.1, 0.15) is 25.5 Å². The van der Waals surface area contributed by atoms with E-state index in [2.05, 4.69) is 0 Å². The van der Waals surface area contributed by atoms with Crippen molar-refractivity contribution in [3.8, 4) is 5.75 Å². The highest BCUT2D eigenvalue weighted by Gasteiger charge is 2.37. The van der Waals surface area contributed by atoms with Gasteiger partial charge in [-0.1, -0.05) is 13.0 Å². The van der Waals surface area contributed by atoms with Gasteiger partial charge in [0.15, 0.2) is 0 Å². The van der Waals surface area contributed by atoms with E-state index < -0.39 is 6.23 Å². The third-order valence-corrected chi connectivity index (χ3v) is 3.50. The molecule has 0 bridgehead atoms. The van der Waals surface area contributed by atoms with Crippen LogP contribution in [-0.2, 0) is 4.79 Å². The van der Waals surface area contributed by atoms with Crippen molar-refractivity contribution >= 4 is 11.6 Å². The summed E-state index contributed by atoms with van der Waals surface area (Å²) in [6, 6.07) is 5.08. The summed E-state index contributed by atoms with van der Waals surface area (Å²) in [4.78, 5) is 13.1. The van der Waals surface area contributed by atoms with Gasteiger partial charge in [0.05, 0.1) is 12.8 Å². The SMILES string of the molecule is COc1ccc2c(c1)N(C(C)=O)[C@@H](O)C(C)[C@H]2N. The van der Waals surface area contributed by atoms with Crippen molar-refractivity contribution in [2.75, 3.05) is 12.0 Å². The maximum atomic E-state index is 11.7. The third kappa shape index (κ3) is 1.85. The van der Waals surface area contributed by atoms with Gasteiger partial charge in [-0.15, -0.1) is 0 Å². The van der Waals surface area contributed by atoms with E-state index in [1.807, 2.05) is 13.0 Å². The van der Waals surface area contributed by atoms with Crippen LogP contribution in [0.5, 0.6) is 5.75 Å². The van der Waals surface area contributed by atoms with Crippen LogP contribution in [0.3, 0.4) is 0 Å². The first-order valence-electron chi connectivity index (χ1n) is 5.88. The Morgan fingerprint density at radius 2 is 2.17 bits per heavy atom. The molecule has 0 saturated carbocycles. The van der Waals surface area contributed by atoms with Crippen molar-refractivity contribution in [2.45, 2.75) is 26.1 Å². The number of carbonyl (C=O) groups excluding carboxylic acids is 1. The Hall–Kier alpha value is -1.59. The summed E-state index contributed by atoms with van der Waals surface area (Å²) in [5.74, 6) is 0.208. The van der Waals surface area contributed by atoms with Gasteiger partial charge < -0.3 is 15.6 Å². The fourth-order valence-electron chi connectivity index (χ4n) is 2.34. The molecule has 1 amide bonds. The zero-order valence-electron chi connectivity index (χ0n) is 10.8. The van der Waals surface area contributed by atoms with Crippen LogP contribution in [0.2, 0.25) is 0 Å². The fraction of sp³-hybridized carbons (Fsp3) is 0.462. The molecule has 1 aliphatic rings. The molecule has 2 rings (SSSR count). The zero-order chi connectivity index (χ0) is 13.4. The van der Waals surface area contributed by atoms with E-state index in [0.29, 0.717) is 11.4 Å². The summed E-state index contributed by atoms with van der Waals surface area (Å²) in [7, 11) is 1.56. The monoisotopic (exact) mass is 250 g/mol. The number of hydrogen-bond acceptors (Lipinski definition) is 4.